The molecule has 1 nitrogen and oxygen atoms in total. The number of hydrogen-bond donors (Lipinski definition) is 0. The lowest BCUT2D eigenvalue weighted by Crippen LogP contribution is -2.31. The van der Waals surface area contributed by atoms with Gasteiger partial charge in [0.1, 0.15) is 0 Å². The number of carbonyl (C=O) groups excluding carboxylic acids is 1. The molecule has 0 aliphatic rings. The monoisotopic (exact) mass is 235 g/mol. The summed E-state index contributed by atoms with van der Waals surface area (Å²) in [5.74, 6) is 1.10. The number of benzene rings is 1. The third-order valence-electron chi connectivity index (χ3n) is 3.48. The van der Waals surface area contributed by atoms with Gasteiger partial charge in [-0.25, -0.2) is 0 Å². The maximum absolute atomic E-state index is 6.33. The highest BCUT2D eigenvalue weighted by Gasteiger charge is 2.44. The van der Waals surface area contributed by atoms with Gasteiger partial charge < -0.3 is 4.11 Å². The Bertz CT molecular complexity index is 331. The normalized spacial score (nSPS) is 12.9. The predicted molar refractivity (Wildman–Crippen MR) is 73.6 cm³/mol. The van der Waals surface area contributed by atoms with Gasteiger partial charge >= 0.3 is 8.32 Å². The molecule has 0 N–H and O–H groups in total. The van der Waals surface area contributed by atoms with E-state index in [9.17, 15) is 0 Å². The molecule has 0 bridgehead atoms. The Kier molecular flexibility index (Phi) is 4.94. The fourth-order valence-electron chi connectivity index (χ4n) is 2.02. The second-order valence-electron chi connectivity index (χ2n) is 4.27. The van der Waals surface area contributed by atoms with Crippen LogP contribution in [0.15, 0.2) is 30.3 Å². The van der Waals surface area contributed by atoms with Crippen molar-refractivity contribution in [2.24, 2.45) is 0 Å². The summed E-state index contributed by atoms with van der Waals surface area (Å²) < 4.78 is 6.33. The highest BCUT2D eigenvalue weighted by atomic mass is 28.4. The van der Waals surface area contributed by atoms with E-state index < -0.39 is 8.32 Å². The third-order valence-corrected chi connectivity index (χ3v) is 8.09. The largest absolute Gasteiger partial charge is 0.517 e. The summed E-state index contributed by atoms with van der Waals surface area (Å²) >= 11 is 0. The van der Waals surface area contributed by atoms with E-state index in [1.807, 2.05) is 6.07 Å². The molecule has 1 rings (SSSR count). The Hall–Kier alpha value is -0.893. The van der Waals surface area contributed by atoms with Gasteiger partial charge in [0.15, 0.2) is 0 Å². The summed E-state index contributed by atoms with van der Waals surface area (Å²) in [6.07, 6.45) is 0. The second kappa shape index (κ2) is 5.99. The highest BCUT2D eigenvalue weighted by molar-refractivity contribution is 6.71. The molecule has 1 aromatic carbocycles. The number of rotatable bonds is 5. The van der Waals surface area contributed by atoms with Crippen molar-refractivity contribution in [1.29, 1.82) is 0 Å². The summed E-state index contributed by atoms with van der Waals surface area (Å²) in [5, 5.41) is 0. The van der Waals surface area contributed by atoms with Gasteiger partial charge in [-0.1, -0.05) is 39.0 Å². The average Bonchev–Trinajstić information content (AvgIpc) is 2.37. The van der Waals surface area contributed by atoms with Crippen molar-refractivity contribution in [3.8, 4) is 0 Å². The quantitative estimate of drug-likeness (QED) is 0.406. The Morgan fingerprint density at radius 1 is 1.00 bits per heavy atom. The number of hydrogen-bond acceptors (Lipinski definition) is 0. The van der Waals surface area contributed by atoms with E-state index >= 15 is 0 Å². The average molecular weight is 235 g/mol. The molecule has 0 radical (unpaired) electrons. The molecule has 0 saturated heterocycles. The predicted octanol–water partition coefficient (Wildman–Crippen LogP) is 4.43. The van der Waals surface area contributed by atoms with Crippen molar-refractivity contribution in [2.45, 2.75) is 45.8 Å². The minimum Gasteiger partial charge on any atom is -0.375 e. The summed E-state index contributed by atoms with van der Waals surface area (Å²) in [7, 11) is -1.50. The van der Waals surface area contributed by atoms with Crippen LogP contribution in [0.3, 0.4) is 0 Å². The van der Waals surface area contributed by atoms with Gasteiger partial charge in [0.2, 0.25) is 0 Å². The summed E-state index contributed by atoms with van der Waals surface area (Å²) in [5.41, 5.74) is 1.22. The van der Waals surface area contributed by atoms with E-state index in [1.165, 1.54) is 23.7 Å². The van der Waals surface area contributed by atoms with Crippen LogP contribution in [0.4, 0.5) is 0 Å². The SMILES string of the molecule is CC[Si](CC)(CC)[O+]=C(C)c1ccccc1. The maximum Gasteiger partial charge on any atom is 0.517 e. The molecule has 2 heteroatoms. The van der Waals surface area contributed by atoms with Gasteiger partial charge in [-0.15, -0.1) is 0 Å². The van der Waals surface area contributed by atoms with Crippen molar-refractivity contribution in [1.82, 2.24) is 0 Å². The van der Waals surface area contributed by atoms with E-state index in [2.05, 4.69) is 52.0 Å². The van der Waals surface area contributed by atoms with Gasteiger partial charge in [0.25, 0.3) is 5.78 Å². The van der Waals surface area contributed by atoms with Crippen molar-refractivity contribution >= 4 is 14.1 Å². The van der Waals surface area contributed by atoms with Gasteiger partial charge in [0, 0.05) is 25.1 Å². The molecule has 0 heterocycles. The molecule has 1 aromatic rings. The van der Waals surface area contributed by atoms with E-state index in [0.717, 1.165) is 5.78 Å². The number of ketones is 1. The van der Waals surface area contributed by atoms with E-state index in [0.29, 0.717) is 0 Å². The van der Waals surface area contributed by atoms with Crippen LogP contribution in [0.5, 0.6) is 0 Å². The van der Waals surface area contributed by atoms with E-state index in [4.69, 9.17) is 4.11 Å². The molecule has 0 spiro atoms. The van der Waals surface area contributed by atoms with E-state index in [1.54, 1.807) is 0 Å². The topological polar surface area (TPSA) is 11.3 Å². The van der Waals surface area contributed by atoms with Crippen LogP contribution >= 0.6 is 0 Å². The lowest BCUT2D eigenvalue weighted by molar-refractivity contribution is -0.107. The standard InChI is InChI=1S/C14H23OSi/c1-5-16(6-2,7-3)15-13(4)14-11-9-8-10-12-14/h8-12H,5-7H2,1-4H3/q+1. The molecule has 0 saturated carbocycles. The van der Waals surface area contributed by atoms with Crippen LogP contribution in [-0.4, -0.2) is 14.1 Å². The molecule has 88 valence electrons. The second-order valence-corrected chi connectivity index (χ2v) is 8.96. The van der Waals surface area contributed by atoms with Gasteiger partial charge in [-0.2, -0.15) is 0 Å². The lowest BCUT2D eigenvalue weighted by Gasteiger charge is -2.09. The molecular formula is C14H23OSi+. The summed E-state index contributed by atoms with van der Waals surface area (Å²) in [4.78, 5) is 0. The van der Waals surface area contributed by atoms with Crippen LogP contribution in [0.2, 0.25) is 18.1 Å². The molecule has 0 atom stereocenters. The molecule has 0 aromatic heterocycles. The molecule has 0 unspecified atom stereocenters. The van der Waals surface area contributed by atoms with Gasteiger partial charge in [-0.05, 0) is 12.1 Å². The Labute approximate surface area is 100 Å². The van der Waals surface area contributed by atoms with Crippen LogP contribution in [0.25, 0.3) is 0 Å². The summed E-state index contributed by atoms with van der Waals surface area (Å²) in [6, 6.07) is 14.0. The van der Waals surface area contributed by atoms with Crippen molar-refractivity contribution in [3.05, 3.63) is 35.9 Å². The fourth-order valence-corrected chi connectivity index (χ4v) is 4.72. The minimum absolute atomic E-state index is 1.10. The molecule has 0 aliphatic carbocycles. The summed E-state index contributed by atoms with van der Waals surface area (Å²) in [6.45, 7) is 8.88. The zero-order valence-electron chi connectivity index (χ0n) is 10.9. The Balaban J connectivity index is 2.99. The Morgan fingerprint density at radius 3 is 1.94 bits per heavy atom. The van der Waals surface area contributed by atoms with Gasteiger partial charge in [-0.3, -0.25) is 0 Å². The Morgan fingerprint density at radius 2 is 1.50 bits per heavy atom. The first-order valence-electron chi connectivity index (χ1n) is 6.25. The highest BCUT2D eigenvalue weighted by Crippen LogP contribution is 2.21. The maximum atomic E-state index is 6.33. The van der Waals surface area contributed by atoms with Crippen LogP contribution < -0.4 is 0 Å². The molecular weight excluding hydrogens is 212 g/mol. The van der Waals surface area contributed by atoms with E-state index in [-0.39, 0.29) is 0 Å². The van der Waals surface area contributed by atoms with Crippen LogP contribution in [0, 0.1) is 0 Å². The lowest BCUT2D eigenvalue weighted by atomic mass is 10.2. The molecule has 0 fully saturated rings. The smallest absolute Gasteiger partial charge is 0.375 e. The van der Waals surface area contributed by atoms with Crippen LogP contribution in [0.1, 0.15) is 37.4 Å². The zero-order valence-corrected chi connectivity index (χ0v) is 11.9. The fraction of sp³-hybridized carbons (Fsp3) is 0.500. The van der Waals surface area contributed by atoms with Crippen LogP contribution in [-0.2, 0) is 0 Å². The molecule has 0 aliphatic heterocycles. The van der Waals surface area contributed by atoms with Gasteiger partial charge in [0.05, 0.1) is 5.56 Å². The molecule has 0 amide bonds. The first-order chi connectivity index (χ1) is 7.67. The van der Waals surface area contributed by atoms with Crippen molar-refractivity contribution < 1.29 is 4.11 Å². The first-order valence-corrected chi connectivity index (χ1v) is 8.78. The van der Waals surface area contributed by atoms with Crippen molar-refractivity contribution in [2.75, 3.05) is 0 Å². The third kappa shape index (κ3) is 3.05. The molecule has 16 heavy (non-hydrogen) atoms. The zero-order chi connectivity index (χ0) is 12.0. The minimum atomic E-state index is -1.50. The first kappa shape index (κ1) is 13.2. The van der Waals surface area contributed by atoms with Crippen molar-refractivity contribution in [3.63, 3.8) is 0 Å².